The van der Waals surface area contributed by atoms with Crippen molar-refractivity contribution in [1.82, 2.24) is 4.90 Å². The zero-order valence-corrected chi connectivity index (χ0v) is 10.7. The van der Waals surface area contributed by atoms with Gasteiger partial charge in [-0.1, -0.05) is 13.8 Å². The second-order valence-corrected chi connectivity index (χ2v) is 5.16. The van der Waals surface area contributed by atoms with Gasteiger partial charge in [0.15, 0.2) is 0 Å². The molecule has 1 aromatic carbocycles. The highest BCUT2D eigenvalue weighted by molar-refractivity contribution is 5.96. The quantitative estimate of drug-likeness (QED) is 0.833. The van der Waals surface area contributed by atoms with E-state index in [0.717, 1.165) is 18.6 Å². The van der Waals surface area contributed by atoms with E-state index >= 15 is 0 Å². The van der Waals surface area contributed by atoms with Gasteiger partial charge in [0.05, 0.1) is 5.56 Å². The third-order valence-electron chi connectivity index (χ3n) is 3.81. The minimum Gasteiger partial charge on any atom is -0.507 e. The van der Waals surface area contributed by atoms with Crippen LogP contribution in [0.15, 0.2) is 18.2 Å². The number of carbonyl (C=O) groups excluding carboxylic acids is 1. The van der Waals surface area contributed by atoms with Crippen molar-refractivity contribution in [1.29, 1.82) is 0 Å². The Balaban J connectivity index is 2.19. The first-order valence-electron chi connectivity index (χ1n) is 6.27. The van der Waals surface area contributed by atoms with E-state index in [1.165, 1.54) is 6.07 Å². The summed E-state index contributed by atoms with van der Waals surface area (Å²) in [6.45, 7) is 5.61. The largest absolute Gasteiger partial charge is 0.507 e. The second kappa shape index (κ2) is 4.96. The van der Waals surface area contributed by atoms with Crippen molar-refractivity contribution in [3.05, 3.63) is 29.6 Å². The van der Waals surface area contributed by atoms with Crippen LogP contribution in [0.3, 0.4) is 0 Å². The highest BCUT2D eigenvalue weighted by Gasteiger charge is 2.27. The average molecular weight is 251 g/mol. The molecule has 98 valence electrons. The lowest BCUT2D eigenvalue weighted by Crippen LogP contribution is -2.42. The van der Waals surface area contributed by atoms with E-state index in [-0.39, 0.29) is 17.2 Å². The molecule has 0 radical (unpaired) electrons. The Labute approximate surface area is 106 Å². The molecule has 0 aromatic heterocycles. The van der Waals surface area contributed by atoms with Crippen LogP contribution in [-0.4, -0.2) is 29.0 Å². The molecule has 1 aromatic rings. The highest BCUT2D eigenvalue weighted by atomic mass is 19.1. The zero-order valence-electron chi connectivity index (χ0n) is 10.7. The molecule has 1 aliphatic heterocycles. The number of amides is 1. The van der Waals surface area contributed by atoms with E-state index in [1.807, 2.05) is 0 Å². The van der Waals surface area contributed by atoms with Crippen molar-refractivity contribution in [2.45, 2.75) is 20.3 Å². The number of hydrogen-bond acceptors (Lipinski definition) is 2. The van der Waals surface area contributed by atoms with Gasteiger partial charge < -0.3 is 10.0 Å². The van der Waals surface area contributed by atoms with Crippen LogP contribution in [0.25, 0.3) is 0 Å². The molecule has 1 aliphatic rings. The first-order chi connectivity index (χ1) is 8.49. The number of aromatic hydroxyl groups is 1. The van der Waals surface area contributed by atoms with E-state index in [2.05, 4.69) is 13.8 Å². The topological polar surface area (TPSA) is 40.5 Å². The first kappa shape index (κ1) is 12.9. The fourth-order valence-corrected chi connectivity index (χ4v) is 2.30. The van der Waals surface area contributed by atoms with Crippen molar-refractivity contribution >= 4 is 5.91 Å². The molecule has 3 nitrogen and oxygen atoms in total. The molecule has 0 spiro atoms. The average Bonchev–Trinajstić information content (AvgIpc) is 2.35. The first-order valence-corrected chi connectivity index (χ1v) is 6.27. The zero-order chi connectivity index (χ0) is 13.3. The molecular formula is C14H18FNO2. The number of likely N-dealkylation sites (tertiary alicyclic amines) is 1. The molecule has 0 saturated carbocycles. The molecule has 1 fully saturated rings. The maximum absolute atomic E-state index is 13.1. The molecule has 2 rings (SSSR count). The fraction of sp³-hybridized carbons (Fsp3) is 0.500. The van der Waals surface area contributed by atoms with E-state index in [4.69, 9.17) is 0 Å². The number of benzene rings is 1. The summed E-state index contributed by atoms with van der Waals surface area (Å²) in [4.78, 5) is 13.9. The number of piperidine rings is 1. The lowest BCUT2D eigenvalue weighted by molar-refractivity contribution is 0.0624. The predicted molar refractivity (Wildman–Crippen MR) is 66.9 cm³/mol. The van der Waals surface area contributed by atoms with E-state index < -0.39 is 5.82 Å². The summed E-state index contributed by atoms with van der Waals surface area (Å²) < 4.78 is 13.1. The number of hydrogen-bond donors (Lipinski definition) is 1. The minimum atomic E-state index is -0.505. The van der Waals surface area contributed by atoms with Gasteiger partial charge in [-0.2, -0.15) is 0 Å². The molecule has 0 aliphatic carbocycles. The van der Waals surface area contributed by atoms with Crippen LogP contribution in [0.2, 0.25) is 0 Å². The van der Waals surface area contributed by atoms with Gasteiger partial charge >= 0.3 is 0 Å². The van der Waals surface area contributed by atoms with Gasteiger partial charge in [-0.25, -0.2) is 4.39 Å². The minimum absolute atomic E-state index is 0.0525. The Morgan fingerprint density at radius 2 is 2.11 bits per heavy atom. The van der Waals surface area contributed by atoms with E-state index in [0.29, 0.717) is 24.9 Å². The summed E-state index contributed by atoms with van der Waals surface area (Å²) in [5.41, 5.74) is 0.0525. The third-order valence-corrected chi connectivity index (χ3v) is 3.81. The van der Waals surface area contributed by atoms with Crippen LogP contribution < -0.4 is 0 Å². The molecular weight excluding hydrogens is 233 g/mol. The lowest BCUT2D eigenvalue weighted by atomic mass is 9.88. The molecule has 2 unspecified atom stereocenters. The molecule has 0 bridgehead atoms. The van der Waals surface area contributed by atoms with Gasteiger partial charge in [-0.3, -0.25) is 4.79 Å². The van der Waals surface area contributed by atoms with Gasteiger partial charge in [0.25, 0.3) is 5.91 Å². The van der Waals surface area contributed by atoms with Crippen molar-refractivity contribution in [2.75, 3.05) is 13.1 Å². The summed E-state index contributed by atoms with van der Waals surface area (Å²) in [5, 5.41) is 9.64. The van der Waals surface area contributed by atoms with Crippen LogP contribution in [0.1, 0.15) is 30.6 Å². The van der Waals surface area contributed by atoms with Gasteiger partial charge in [0, 0.05) is 13.1 Å². The summed E-state index contributed by atoms with van der Waals surface area (Å²) in [7, 11) is 0. The number of phenols is 1. The van der Waals surface area contributed by atoms with E-state index in [9.17, 15) is 14.3 Å². The van der Waals surface area contributed by atoms with Crippen LogP contribution >= 0.6 is 0 Å². The van der Waals surface area contributed by atoms with Gasteiger partial charge in [0.1, 0.15) is 11.6 Å². The summed E-state index contributed by atoms with van der Waals surface area (Å²) in [6.07, 6.45) is 0.947. The molecule has 18 heavy (non-hydrogen) atoms. The highest BCUT2D eigenvalue weighted by Crippen LogP contribution is 2.26. The van der Waals surface area contributed by atoms with Crippen molar-refractivity contribution in [2.24, 2.45) is 11.8 Å². The van der Waals surface area contributed by atoms with Gasteiger partial charge in [0.2, 0.25) is 0 Å². The molecule has 4 heteroatoms. The van der Waals surface area contributed by atoms with Crippen LogP contribution in [0.5, 0.6) is 5.75 Å². The standard InChI is InChI=1S/C14H18FNO2/c1-9-5-6-16(8-10(9)2)14(18)12-7-11(15)3-4-13(12)17/h3-4,7,9-10,17H,5-6,8H2,1-2H3. The van der Waals surface area contributed by atoms with Crippen molar-refractivity contribution < 1.29 is 14.3 Å². The fourth-order valence-electron chi connectivity index (χ4n) is 2.30. The van der Waals surface area contributed by atoms with Crippen molar-refractivity contribution in [3.63, 3.8) is 0 Å². The normalized spacial score (nSPS) is 24.1. The SMILES string of the molecule is CC1CCN(C(=O)c2cc(F)ccc2O)CC1C. The Morgan fingerprint density at radius 3 is 2.78 bits per heavy atom. The third kappa shape index (κ3) is 2.47. The lowest BCUT2D eigenvalue weighted by Gasteiger charge is -2.35. The Bertz CT molecular complexity index is 461. The molecule has 2 atom stereocenters. The smallest absolute Gasteiger partial charge is 0.257 e. The maximum Gasteiger partial charge on any atom is 0.257 e. The number of carbonyl (C=O) groups is 1. The van der Waals surface area contributed by atoms with E-state index in [1.54, 1.807) is 4.90 Å². The Hall–Kier alpha value is -1.58. The number of halogens is 1. The molecule has 1 saturated heterocycles. The number of rotatable bonds is 1. The molecule has 1 N–H and O–H groups in total. The molecule has 1 heterocycles. The van der Waals surface area contributed by atoms with Gasteiger partial charge in [-0.15, -0.1) is 0 Å². The predicted octanol–water partition coefficient (Wildman–Crippen LogP) is 2.65. The Kier molecular flexibility index (Phi) is 3.55. The maximum atomic E-state index is 13.1. The second-order valence-electron chi connectivity index (χ2n) is 5.16. The van der Waals surface area contributed by atoms with Gasteiger partial charge in [-0.05, 0) is 36.5 Å². The summed E-state index contributed by atoms with van der Waals surface area (Å²) >= 11 is 0. The summed E-state index contributed by atoms with van der Waals surface area (Å²) in [6, 6.07) is 3.46. The molecule has 1 amide bonds. The van der Waals surface area contributed by atoms with Crippen LogP contribution in [0, 0.1) is 17.7 Å². The van der Waals surface area contributed by atoms with Crippen molar-refractivity contribution in [3.8, 4) is 5.75 Å². The van der Waals surface area contributed by atoms with Crippen LogP contribution in [0.4, 0.5) is 4.39 Å². The van der Waals surface area contributed by atoms with Crippen LogP contribution in [-0.2, 0) is 0 Å². The number of nitrogens with zero attached hydrogens (tertiary/aromatic N) is 1. The monoisotopic (exact) mass is 251 g/mol. The number of phenolic OH excluding ortho intramolecular Hbond substituents is 1. The summed E-state index contributed by atoms with van der Waals surface area (Å²) in [5.74, 6) is 0.0709. The Morgan fingerprint density at radius 1 is 1.39 bits per heavy atom.